The normalized spacial score (nSPS) is 13.2. The fraction of sp³-hybridized carbons (Fsp3) is 0.455. The van der Waals surface area contributed by atoms with E-state index in [4.69, 9.17) is 26.8 Å². The van der Waals surface area contributed by atoms with E-state index in [0.717, 1.165) is 43.8 Å². The van der Waals surface area contributed by atoms with E-state index < -0.39 is 0 Å². The molecule has 3 rings (SSSR count). The third-order valence-corrected chi connectivity index (χ3v) is 5.21. The Balaban J connectivity index is 1.86. The van der Waals surface area contributed by atoms with Crippen molar-refractivity contribution in [3.05, 3.63) is 58.1 Å². The van der Waals surface area contributed by atoms with Crippen LogP contribution in [0.4, 0.5) is 11.4 Å². The summed E-state index contributed by atoms with van der Waals surface area (Å²) in [6, 6.07) is 12.9. The summed E-state index contributed by atoms with van der Waals surface area (Å²) >= 11 is 6.32. The molecule has 4 nitrogen and oxygen atoms in total. The van der Waals surface area contributed by atoms with Gasteiger partial charge in [-0.2, -0.15) is 0 Å². The summed E-state index contributed by atoms with van der Waals surface area (Å²) in [5.41, 5.74) is 12.1. The summed E-state index contributed by atoms with van der Waals surface area (Å²) in [6.45, 7) is 3.52. The van der Waals surface area contributed by atoms with Crippen LogP contribution < -0.4 is 10.6 Å². The van der Waals surface area contributed by atoms with Gasteiger partial charge in [0.05, 0.1) is 19.8 Å². The molecule has 2 aromatic carbocycles. The average Bonchev–Trinajstić information content (AvgIpc) is 2.82. The van der Waals surface area contributed by atoms with E-state index >= 15 is 0 Å². The lowest BCUT2D eigenvalue weighted by molar-refractivity contribution is 0.0616. The van der Waals surface area contributed by atoms with Gasteiger partial charge in [0.25, 0.3) is 0 Å². The monoisotopic (exact) mass is 388 g/mol. The first kappa shape index (κ1) is 20.2. The first-order chi connectivity index (χ1) is 13.2. The van der Waals surface area contributed by atoms with Crippen LogP contribution in [-0.4, -0.2) is 33.4 Å². The molecule has 0 aliphatic carbocycles. The maximum absolute atomic E-state index is 6.32. The van der Waals surface area contributed by atoms with Crippen molar-refractivity contribution >= 4 is 23.0 Å². The second kappa shape index (κ2) is 10.1. The topological polar surface area (TPSA) is 47.7 Å². The highest BCUT2D eigenvalue weighted by atomic mass is 35.5. The van der Waals surface area contributed by atoms with Crippen molar-refractivity contribution in [2.45, 2.75) is 32.3 Å². The van der Waals surface area contributed by atoms with Crippen LogP contribution in [0, 0.1) is 0 Å². The zero-order valence-electron chi connectivity index (χ0n) is 16.0. The summed E-state index contributed by atoms with van der Waals surface area (Å²) in [6.07, 6.45) is 4.11. The van der Waals surface area contributed by atoms with Gasteiger partial charge in [-0.1, -0.05) is 29.8 Å². The molecule has 0 unspecified atom stereocenters. The molecule has 1 aliphatic rings. The van der Waals surface area contributed by atoms with Crippen molar-refractivity contribution < 1.29 is 9.47 Å². The molecule has 0 fully saturated rings. The van der Waals surface area contributed by atoms with Crippen LogP contribution >= 0.6 is 11.6 Å². The van der Waals surface area contributed by atoms with E-state index in [2.05, 4.69) is 35.2 Å². The number of hydrogen-bond donors (Lipinski definition) is 1. The standard InChI is InChI=1S/C22H29ClN2O2/c1-26-12-13-27-16-17-4-9-21-19(14-17)6-5-18-7-8-20(23)15-22(18)25(21)11-3-2-10-24/h4,7-9,14-15H,2-3,5-6,10-13,16,24H2,1H3. The van der Waals surface area contributed by atoms with Crippen molar-refractivity contribution in [2.24, 2.45) is 5.73 Å². The lowest BCUT2D eigenvalue weighted by Gasteiger charge is -2.27. The van der Waals surface area contributed by atoms with Crippen LogP contribution in [0.5, 0.6) is 0 Å². The van der Waals surface area contributed by atoms with E-state index in [1.807, 2.05) is 6.07 Å². The molecule has 0 saturated carbocycles. The largest absolute Gasteiger partial charge is 0.382 e. The number of methoxy groups -OCH3 is 1. The molecule has 2 N–H and O–H groups in total. The van der Waals surface area contributed by atoms with E-state index in [1.165, 1.54) is 28.1 Å². The highest BCUT2D eigenvalue weighted by molar-refractivity contribution is 6.30. The molecule has 2 aromatic rings. The van der Waals surface area contributed by atoms with E-state index in [0.29, 0.717) is 19.8 Å². The molecule has 5 heteroatoms. The zero-order valence-corrected chi connectivity index (χ0v) is 16.8. The number of anilines is 2. The second-order valence-corrected chi connectivity index (χ2v) is 7.37. The fourth-order valence-electron chi connectivity index (χ4n) is 3.58. The van der Waals surface area contributed by atoms with Crippen LogP contribution in [-0.2, 0) is 28.9 Å². The molecule has 0 amide bonds. The number of hydrogen-bond acceptors (Lipinski definition) is 4. The minimum absolute atomic E-state index is 0.614. The van der Waals surface area contributed by atoms with Gasteiger partial charge in [-0.3, -0.25) is 0 Å². The van der Waals surface area contributed by atoms with Gasteiger partial charge in [0, 0.05) is 30.1 Å². The molecule has 0 radical (unpaired) electrons. The summed E-state index contributed by atoms with van der Waals surface area (Å²) < 4.78 is 10.7. The van der Waals surface area contributed by atoms with Crippen LogP contribution in [0.3, 0.4) is 0 Å². The van der Waals surface area contributed by atoms with Crippen LogP contribution in [0.2, 0.25) is 5.02 Å². The highest BCUT2D eigenvalue weighted by Crippen LogP contribution is 2.38. The van der Waals surface area contributed by atoms with E-state index in [1.54, 1.807) is 7.11 Å². The summed E-state index contributed by atoms with van der Waals surface area (Å²) in [5, 5.41) is 0.782. The Morgan fingerprint density at radius 1 is 1.00 bits per heavy atom. The second-order valence-electron chi connectivity index (χ2n) is 6.93. The number of nitrogens with zero attached hydrogens (tertiary/aromatic N) is 1. The van der Waals surface area contributed by atoms with Crippen molar-refractivity contribution in [3.63, 3.8) is 0 Å². The predicted octanol–water partition coefficient (Wildman–Crippen LogP) is 4.48. The predicted molar refractivity (Wildman–Crippen MR) is 112 cm³/mol. The Hall–Kier alpha value is -1.59. The number of nitrogens with two attached hydrogens (primary N) is 1. The van der Waals surface area contributed by atoms with E-state index in [-0.39, 0.29) is 0 Å². The summed E-state index contributed by atoms with van der Waals surface area (Å²) in [4.78, 5) is 2.41. The van der Waals surface area contributed by atoms with Crippen LogP contribution in [0.25, 0.3) is 0 Å². The van der Waals surface area contributed by atoms with Gasteiger partial charge in [-0.05, 0) is 67.1 Å². The van der Waals surface area contributed by atoms with Gasteiger partial charge < -0.3 is 20.1 Å². The van der Waals surface area contributed by atoms with Crippen molar-refractivity contribution in [1.29, 1.82) is 0 Å². The van der Waals surface area contributed by atoms with Crippen molar-refractivity contribution in [2.75, 3.05) is 38.3 Å². The number of benzene rings is 2. The maximum atomic E-state index is 6.32. The number of fused-ring (bicyclic) bond motifs is 2. The Morgan fingerprint density at radius 3 is 2.67 bits per heavy atom. The molecule has 0 saturated heterocycles. The SMILES string of the molecule is COCCOCc1ccc2c(c1)CCc1ccc(Cl)cc1N2CCCCN. The molecule has 27 heavy (non-hydrogen) atoms. The number of rotatable bonds is 9. The van der Waals surface area contributed by atoms with Crippen molar-refractivity contribution in [1.82, 2.24) is 0 Å². The number of ether oxygens (including phenoxy) is 2. The van der Waals surface area contributed by atoms with E-state index in [9.17, 15) is 0 Å². The molecule has 146 valence electrons. The highest BCUT2D eigenvalue weighted by Gasteiger charge is 2.21. The molecular formula is C22H29ClN2O2. The maximum Gasteiger partial charge on any atom is 0.0718 e. The Morgan fingerprint density at radius 2 is 1.85 bits per heavy atom. The third kappa shape index (κ3) is 5.23. The van der Waals surface area contributed by atoms with Gasteiger partial charge in [0.15, 0.2) is 0 Å². The molecule has 0 atom stereocenters. The summed E-state index contributed by atoms with van der Waals surface area (Å²) in [5.74, 6) is 0. The van der Waals surface area contributed by atoms with Crippen molar-refractivity contribution in [3.8, 4) is 0 Å². The van der Waals surface area contributed by atoms with Crippen LogP contribution in [0.1, 0.15) is 29.5 Å². The lowest BCUT2D eigenvalue weighted by Crippen LogP contribution is -2.20. The van der Waals surface area contributed by atoms with Gasteiger partial charge in [0.2, 0.25) is 0 Å². The quantitative estimate of drug-likeness (QED) is 0.643. The van der Waals surface area contributed by atoms with Gasteiger partial charge in [-0.25, -0.2) is 0 Å². The van der Waals surface area contributed by atoms with Gasteiger partial charge in [-0.15, -0.1) is 0 Å². The first-order valence-electron chi connectivity index (χ1n) is 9.67. The summed E-state index contributed by atoms with van der Waals surface area (Å²) in [7, 11) is 1.69. The fourth-order valence-corrected chi connectivity index (χ4v) is 3.74. The van der Waals surface area contributed by atoms with Gasteiger partial charge in [0.1, 0.15) is 0 Å². The molecule has 1 aliphatic heterocycles. The average molecular weight is 389 g/mol. The third-order valence-electron chi connectivity index (χ3n) is 4.97. The first-order valence-corrected chi connectivity index (χ1v) is 10.0. The lowest BCUT2D eigenvalue weighted by atomic mass is 10.0. The Labute approximate surface area is 167 Å². The minimum atomic E-state index is 0.614. The Bertz CT molecular complexity index is 751. The number of aryl methyl sites for hydroxylation is 2. The number of unbranched alkanes of at least 4 members (excludes halogenated alkanes) is 1. The molecule has 0 aromatic heterocycles. The molecule has 0 bridgehead atoms. The minimum Gasteiger partial charge on any atom is -0.382 e. The molecule has 0 spiro atoms. The van der Waals surface area contributed by atoms with Crippen LogP contribution in [0.15, 0.2) is 36.4 Å². The number of halogens is 1. The van der Waals surface area contributed by atoms with Gasteiger partial charge >= 0.3 is 0 Å². The Kier molecular flexibility index (Phi) is 7.53. The molecule has 1 heterocycles. The molecular weight excluding hydrogens is 360 g/mol. The zero-order chi connectivity index (χ0) is 19.1. The smallest absolute Gasteiger partial charge is 0.0718 e.